The van der Waals surface area contributed by atoms with Crippen molar-refractivity contribution in [2.75, 3.05) is 0 Å². The molecule has 0 aliphatic heterocycles. The molecule has 20 heavy (non-hydrogen) atoms. The lowest BCUT2D eigenvalue weighted by atomic mass is 9.80. The number of aryl methyl sites for hydroxylation is 1. The number of nitrogens with zero attached hydrogens (tertiary/aromatic N) is 2. The zero-order valence-corrected chi connectivity index (χ0v) is 11.1. The zero-order valence-electron chi connectivity index (χ0n) is 11.1. The Morgan fingerprint density at radius 2 is 2.30 bits per heavy atom. The Labute approximate surface area is 117 Å². The van der Waals surface area contributed by atoms with Gasteiger partial charge in [-0.1, -0.05) is 6.07 Å². The van der Waals surface area contributed by atoms with Crippen LogP contribution in [0.25, 0.3) is 0 Å². The van der Waals surface area contributed by atoms with Gasteiger partial charge in [0.2, 0.25) is 0 Å². The lowest BCUT2D eigenvalue weighted by molar-refractivity contribution is 0.397. The summed E-state index contributed by atoms with van der Waals surface area (Å²) in [6.07, 6.45) is 7.77. The third kappa shape index (κ3) is 2.42. The van der Waals surface area contributed by atoms with Crippen LogP contribution in [0.5, 0.6) is 0 Å². The van der Waals surface area contributed by atoms with E-state index in [-0.39, 0.29) is 17.8 Å². The maximum Gasteiger partial charge on any atom is 0.141 e. The highest BCUT2D eigenvalue weighted by Gasteiger charge is 2.29. The van der Waals surface area contributed by atoms with Gasteiger partial charge in [0.1, 0.15) is 5.82 Å². The molecule has 1 aliphatic carbocycles. The Bertz CT molecular complexity index is 602. The molecule has 0 aromatic carbocycles. The smallest absolute Gasteiger partial charge is 0.141 e. The van der Waals surface area contributed by atoms with Crippen LogP contribution in [0.2, 0.25) is 0 Å². The molecule has 5 heteroatoms. The highest BCUT2D eigenvalue weighted by Crippen LogP contribution is 2.38. The highest BCUT2D eigenvalue weighted by molar-refractivity contribution is 5.30. The van der Waals surface area contributed by atoms with Gasteiger partial charge in [-0.05, 0) is 42.5 Å². The fourth-order valence-corrected chi connectivity index (χ4v) is 3.01. The molecule has 3 N–H and O–H groups in total. The number of rotatable bonds is 3. The molecule has 104 valence electrons. The number of hydrogen-bond acceptors (Lipinski definition) is 4. The molecule has 2 unspecified atom stereocenters. The molecule has 2 heterocycles. The lowest BCUT2D eigenvalue weighted by Crippen LogP contribution is -2.34. The summed E-state index contributed by atoms with van der Waals surface area (Å²) in [4.78, 5) is 8.42. The summed E-state index contributed by atoms with van der Waals surface area (Å²) in [5.74, 6) is 5.51. The van der Waals surface area contributed by atoms with Crippen LogP contribution >= 0.6 is 0 Å². The molecule has 1 aliphatic rings. The van der Waals surface area contributed by atoms with E-state index >= 15 is 0 Å². The first-order valence-corrected chi connectivity index (χ1v) is 6.80. The summed E-state index contributed by atoms with van der Waals surface area (Å²) in [6.45, 7) is 0. The van der Waals surface area contributed by atoms with E-state index < -0.39 is 0 Å². The van der Waals surface area contributed by atoms with Crippen LogP contribution in [-0.2, 0) is 6.42 Å². The third-order valence-corrected chi connectivity index (χ3v) is 3.91. The van der Waals surface area contributed by atoms with Crippen molar-refractivity contribution in [3.8, 4) is 0 Å². The summed E-state index contributed by atoms with van der Waals surface area (Å²) in [5.41, 5.74) is 5.89. The van der Waals surface area contributed by atoms with E-state index in [0.717, 1.165) is 30.5 Å². The van der Waals surface area contributed by atoms with Crippen LogP contribution in [-0.4, -0.2) is 9.97 Å². The molecule has 2 aromatic rings. The van der Waals surface area contributed by atoms with Crippen molar-refractivity contribution >= 4 is 0 Å². The lowest BCUT2D eigenvalue weighted by Gasteiger charge is -2.31. The SMILES string of the molecule is NNC(c1cncc(F)c1)C1CCCc2cccnc21. The summed E-state index contributed by atoms with van der Waals surface area (Å²) in [6, 6.07) is 5.36. The Kier molecular flexibility index (Phi) is 3.71. The molecule has 0 radical (unpaired) electrons. The van der Waals surface area contributed by atoms with E-state index in [9.17, 15) is 4.39 Å². The minimum absolute atomic E-state index is 0.147. The number of halogens is 1. The Balaban J connectivity index is 1.99. The van der Waals surface area contributed by atoms with Gasteiger partial charge >= 0.3 is 0 Å². The largest absolute Gasteiger partial charge is 0.271 e. The maximum atomic E-state index is 13.4. The molecule has 0 bridgehead atoms. The van der Waals surface area contributed by atoms with E-state index in [1.54, 1.807) is 12.4 Å². The number of nitrogens with two attached hydrogens (primary N) is 1. The second kappa shape index (κ2) is 5.64. The molecule has 0 saturated carbocycles. The molecular formula is C15H17FN4. The van der Waals surface area contributed by atoms with Gasteiger partial charge in [0.05, 0.1) is 12.2 Å². The second-order valence-electron chi connectivity index (χ2n) is 5.13. The van der Waals surface area contributed by atoms with Gasteiger partial charge in [-0.15, -0.1) is 0 Å². The molecule has 0 saturated heterocycles. The summed E-state index contributed by atoms with van der Waals surface area (Å²) in [5, 5.41) is 0. The number of fused-ring (bicyclic) bond motifs is 1. The predicted molar refractivity (Wildman–Crippen MR) is 74.2 cm³/mol. The van der Waals surface area contributed by atoms with E-state index in [2.05, 4.69) is 21.5 Å². The topological polar surface area (TPSA) is 63.8 Å². The fourth-order valence-electron chi connectivity index (χ4n) is 3.01. The molecule has 3 rings (SSSR count). The highest BCUT2D eigenvalue weighted by atomic mass is 19.1. The van der Waals surface area contributed by atoms with E-state index in [1.165, 1.54) is 17.8 Å². The summed E-state index contributed by atoms with van der Waals surface area (Å²) >= 11 is 0. The summed E-state index contributed by atoms with van der Waals surface area (Å²) < 4.78 is 13.4. The van der Waals surface area contributed by atoms with Crippen LogP contribution in [0.1, 0.15) is 41.6 Å². The van der Waals surface area contributed by atoms with E-state index in [1.807, 2.05) is 6.07 Å². The van der Waals surface area contributed by atoms with Crippen LogP contribution < -0.4 is 11.3 Å². The first-order chi connectivity index (χ1) is 9.79. The van der Waals surface area contributed by atoms with E-state index in [4.69, 9.17) is 5.84 Å². The number of hydrazine groups is 1. The van der Waals surface area contributed by atoms with Crippen molar-refractivity contribution < 1.29 is 4.39 Å². The predicted octanol–water partition coefficient (Wildman–Crippen LogP) is 2.24. The minimum Gasteiger partial charge on any atom is -0.271 e. The molecular weight excluding hydrogens is 255 g/mol. The Hall–Kier alpha value is -1.85. The second-order valence-corrected chi connectivity index (χ2v) is 5.13. The Morgan fingerprint density at radius 1 is 1.40 bits per heavy atom. The standard InChI is InChI=1S/C15H17FN4/c16-12-7-11(8-18-9-12)15(20-17)13-5-1-3-10-4-2-6-19-14(10)13/h2,4,6-9,13,15,20H,1,3,5,17H2. The summed E-state index contributed by atoms with van der Waals surface area (Å²) in [7, 11) is 0. The number of nitrogens with one attached hydrogen (secondary N) is 1. The van der Waals surface area contributed by atoms with Gasteiger partial charge in [-0.25, -0.2) is 4.39 Å². The number of pyridine rings is 2. The van der Waals surface area contributed by atoms with Gasteiger partial charge < -0.3 is 0 Å². The van der Waals surface area contributed by atoms with Gasteiger partial charge in [-0.3, -0.25) is 21.2 Å². The number of hydrogen-bond donors (Lipinski definition) is 2. The maximum absolute atomic E-state index is 13.4. The van der Waals surface area contributed by atoms with Crippen LogP contribution in [0, 0.1) is 5.82 Å². The van der Waals surface area contributed by atoms with Crippen molar-refractivity contribution in [1.29, 1.82) is 0 Å². The quantitative estimate of drug-likeness (QED) is 0.664. The zero-order chi connectivity index (χ0) is 13.9. The van der Waals surface area contributed by atoms with Gasteiger partial charge in [-0.2, -0.15) is 0 Å². The first-order valence-electron chi connectivity index (χ1n) is 6.80. The normalized spacial score (nSPS) is 19.4. The van der Waals surface area contributed by atoms with Gasteiger partial charge in [0, 0.05) is 24.0 Å². The fraction of sp³-hybridized carbons (Fsp3) is 0.333. The molecule has 0 amide bonds. The van der Waals surface area contributed by atoms with Crippen LogP contribution in [0.3, 0.4) is 0 Å². The van der Waals surface area contributed by atoms with Gasteiger partial charge in [0.25, 0.3) is 0 Å². The van der Waals surface area contributed by atoms with E-state index in [0.29, 0.717) is 0 Å². The van der Waals surface area contributed by atoms with Crippen molar-refractivity contribution in [2.24, 2.45) is 5.84 Å². The minimum atomic E-state index is -0.347. The molecule has 0 fully saturated rings. The van der Waals surface area contributed by atoms with Crippen molar-refractivity contribution in [2.45, 2.75) is 31.2 Å². The Morgan fingerprint density at radius 3 is 3.10 bits per heavy atom. The third-order valence-electron chi connectivity index (χ3n) is 3.91. The molecule has 4 nitrogen and oxygen atoms in total. The first kappa shape index (κ1) is 13.1. The van der Waals surface area contributed by atoms with Crippen molar-refractivity contribution in [3.05, 3.63) is 59.4 Å². The number of aromatic nitrogens is 2. The molecule has 2 atom stereocenters. The molecule has 2 aromatic heterocycles. The molecule has 0 spiro atoms. The van der Waals surface area contributed by atoms with Gasteiger partial charge in [0.15, 0.2) is 0 Å². The van der Waals surface area contributed by atoms with Crippen LogP contribution in [0.4, 0.5) is 4.39 Å². The van der Waals surface area contributed by atoms with Crippen molar-refractivity contribution in [3.63, 3.8) is 0 Å². The average molecular weight is 272 g/mol. The van der Waals surface area contributed by atoms with Crippen molar-refractivity contribution in [1.82, 2.24) is 15.4 Å². The monoisotopic (exact) mass is 272 g/mol. The van der Waals surface area contributed by atoms with Crippen LogP contribution in [0.15, 0.2) is 36.8 Å². The average Bonchev–Trinajstić information content (AvgIpc) is 2.48.